The van der Waals surface area contributed by atoms with Crippen LogP contribution < -0.4 is 5.32 Å². The van der Waals surface area contributed by atoms with Gasteiger partial charge in [0.25, 0.3) is 0 Å². The number of ether oxygens (including phenoxy) is 1. The number of nitrogens with one attached hydrogen (secondary N) is 1. The van der Waals surface area contributed by atoms with Gasteiger partial charge in [-0.3, -0.25) is 4.55 Å². The summed E-state index contributed by atoms with van der Waals surface area (Å²) in [5, 5.41) is -1.48. The molecule has 1 amide bonds. The van der Waals surface area contributed by atoms with Crippen molar-refractivity contribution in [2.24, 2.45) is 17.8 Å². The van der Waals surface area contributed by atoms with Crippen LogP contribution in [0.1, 0.15) is 44.9 Å². The molecule has 4 saturated carbocycles. The Hall–Kier alpha value is -0.960. The Bertz CT molecular complexity index is 557. The summed E-state index contributed by atoms with van der Waals surface area (Å²) in [6, 6.07) is 0. The molecule has 4 rings (SSSR count). The SMILES string of the molecule is O=C(NC12CC3CC(CC(C3)C1)C2)OCCC(F)(F)S(=O)(=O)O. The maximum absolute atomic E-state index is 13.0. The lowest BCUT2D eigenvalue weighted by Gasteiger charge is -2.56. The van der Waals surface area contributed by atoms with Gasteiger partial charge in [-0.05, 0) is 56.3 Å². The van der Waals surface area contributed by atoms with E-state index in [1.54, 1.807) is 0 Å². The minimum atomic E-state index is -5.49. The second kappa shape index (κ2) is 5.54. The Morgan fingerprint density at radius 1 is 1.17 bits per heavy atom. The monoisotopic (exact) mass is 353 g/mol. The summed E-state index contributed by atoms with van der Waals surface area (Å²) < 4.78 is 60.1. The minimum Gasteiger partial charge on any atom is -0.449 e. The lowest BCUT2D eigenvalue weighted by Crippen LogP contribution is -2.60. The van der Waals surface area contributed by atoms with E-state index in [0.29, 0.717) is 17.8 Å². The summed E-state index contributed by atoms with van der Waals surface area (Å²) in [6.07, 6.45) is 4.25. The van der Waals surface area contributed by atoms with Crippen molar-refractivity contribution in [3.05, 3.63) is 0 Å². The Balaban J connectivity index is 1.51. The van der Waals surface area contributed by atoms with E-state index in [2.05, 4.69) is 5.32 Å². The zero-order valence-corrected chi connectivity index (χ0v) is 13.4. The summed E-state index contributed by atoms with van der Waals surface area (Å²) in [4.78, 5) is 11.9. The van der Waals surface area contributed by atoms with Crippen molar-refractivity contribution in [1.82, 2.24) is 5.32 Å². The highest BCUT2D eigenvalue weighted by Gasteiger charge is 2.52. The fraction of sp³-hybridized carbons (Fsp3) is 0.929. The zero-order chi connectivity index (χ0) is 16.9. The molecule has 0 spiro atoms. The third kappa shape index (κ3) is 3.45. The average Bonchev–Trinajstić information content (AvgIpc) is 2.34. The van der Waals surface area contributed by atoms with E-state index in [4.69, 9.17) is 9.29 Å². The van der Waals surface area contributed by atoms with Crippen LogP contribution in [0.2, 0.25) is 0 Å². The first-order valence-corrected chi connectivity index (χ1v) is 9.32. The highest BCUT2D eigenvalue weighted by molar-refractivity contribution is 7.86. The first kappa shape index (κ1) is 16.9. The van der Waals surface area contributed by atoms with Crippen LogP contribution in [0.3, 0.4) is 0 Å². The van der Waals surface area contributed by atoms with Gasteiger partial charge < -0.3 is 10.1 Å². The molecule has 4 fully saturated rings. The average molecular weight is 353 g/mol. The summed E-state index contributed by atoms with van der Waals surface area (Å²) in [6.45, 7) is -0.773. The van der Waals surface area contributed by atoms with Crippen molar-refractivity contribution < 1.29 is 31.3 Å². The number of hydrogen-bond acceptors (Lipinski definition) is 4. The van der Waals surface area contributed by atoms with Crippen molar-refractivity contribution in [2.45, 2.75) is 55.7 Å². The summed E-state index contributed by atoms with van der Waals surface area (Å²) in [7, 11) is -5.49. The van der Waals surface area contributed by atoms with E-state index >= 15 is 0 Å². The first-order valence-electron chi connectivity index (χ1n) is 7.88. The molecule has 0 aliphatic heterocycles. The van der Waals surface area contributed by atoms with Crippen LogP contribution in [0.15, 0.2) is 0 Å². The first-order chi connectivity index (χ1) is 10.6. The molecule has 23 heavy (non-hydrogen) atoms. The Morgan fingerprint density at radius 3 is 2.09 bits per heavy atom. The number of halogens is 2. The molecule has 0 unspecified atom stereocenters. The molecule has 4 aliphatic carbocycles. The molecule has 0 aromatic rings. The van der Waals surface area contributed by atoms with Crippen LogP contribution in [0, 0.1) is 17.8 Å². The summed E-state index contributed by atoms with van der Waals surface area (Å²) in [5.41, 5.74) is -0.294. The molecular weight excluding hydrogens is 332 g/mol. The Morgan fingerprint density at radius 2 is 1.65 bits per heavy atom. The Kier molecular flexibility index (Phi) is 4.07. The van der Waals surface area contributed by atoms with Crippen molar-refractivity contribution >= 4 is 16.2 Å². The van der Waals surface area contributed by atoms with Crippen molar-refractivity contribution in [3.8, 4) is 0 Å². The number of amides is 1. The van der Waals surface area contributed by atoms with Gasteiger partial charge in [0.05, 0.1) is 6.42 Å². The van der Waals surface area contributed by atoms with Crippen LogP contribution in [-0.4, -0.2) is 36.5 Å². The number of hydrogen-bond donors (Lipinski definition) is 2. The molecule has 0 radical (unpaired) electrons. The lowest BCUT2D eigenvalue weighted by atomic mass is 9.53. The van der Waals surface area contributed by atoms with E-state index in [9.17, 15) is 22.0 Å². The van der Waals surface area contributed by atoms with Gasteiger partial charge in [-0.25, -0.2) is 4.79 Å². The van der Waals surface area contributed by atoms with Crippen LogP contribution in [-0.2, 0) is 14.9 Å². The van der Waals surface area contributed by atoms with Crippen molar-refractivity contribution in [3.63, 3.8) is 0 Å². The molecule has 0 heterocycles. The molecule has 132 valence electrons. The third-order valence-electron chi connectivity index (χ3n) is 5.41. The van der Waals surface area contributed by atoms with Crippen LogP contribution >= 0.6 is 0 Å². The van der Waals surface area contributed by atoms with Gasteiger partial charge in [-0.1, -0.05) is 0 Å². The van der Waals surface area contributed by atoms with Crippen molar-refractivity contribution in [2.75, 3.05) is 6.61 Å². The second-order valence-electron chi connectivity index (χ2n) is 7.32. The summed E-state index contributed by atoms with van der Waals surface area (Å²) >= 11 is 0. The fourth-order valence-electron chi connectivity index (χ4n) is 4.91. The molecule has 0 saturated heterocycles. The van der Waals surface area contributed by atoms with Crippen LogP contribution in [0.5, 0.6) is 0 Å². The van der Waals surface area contributed by atoms with E-state index in [-0.39, 0.29) is 5.54 Å². The maximum Gasteiger partial charge on any atom is 0.407 e. The molecule has 0 atom stereocenters. The van der Waals surface area contributed by atoms with Crippen molar-refractivity contribution in [1.29, 1.82) is 0 Å². The third-order valence-corrected chi connectivity index (χ3v) is 6.37. The Labute approximate surface area is 133 Å². The second-order valence-corrected chi connectivity index (χ2v) is 8.87. The van der Waals surface area contributed by atoms with Crippen LogP contribution in [0.25, 0.3) is 0 Å². The number of rotatable bonds is 5. The molecule has 4 aliphatic rings. The molecule has 4 bridgehead atoms. The number of alkyl carbamates (subject to hydrolysis) is 1. The standard InChI is InChI=1S/C14H21F2NO5S/c15-14(16,23(19,20)21)1-2-22-12(18)17-13-6-9-3-10(7-13)5-11(4-9)8-13/h9-11H,1-8H2,(H,17,18)(H,19,20,21). The molecular formula is C14H21F2NO5S. The maximum atomic E-state index is 13.0. The topological polar surface area (TPSA) is 92.7 Å². The van der Waals surface area contributed by atoms with E-state index < -0.39 is 34.5 Å². The molecule has 0 aromatic heterocycles. The lowest BCUT2D eigenvalue weighted by molar-refractivity contribution is -0.0207. The zero-order valence-electron chi connectivity index (χ0n) is 12.6. The molecule has 0 aromatic carbocycles. The van der Waals surface area contributed by atoms with Gasteiger partial charge in [0.2, 0.25) is 0 Å². The molecule has 6 nitrogen and oxygen atoms in total. The van der Waals surface area contributed by atoms with Gasteiger partial charge in [-0.15, -0.1) is 0 Å². The van der Waals surface area contributed by atoms with Gasteiger partial charge in [0.1, 0.15) is 6.61 Å². The van der Waals surface area contributed by atoms with Gasteiger partial charge in [0.15, 0.2) is 0 Å². The van der Waals surface area contributed by atoms with E-state index in [0.717, 1.165) is 19.3 Å². The molecule has 2 N–H and O–H groups in total. The fourth-order valence-corrected chi connectivity index (χ4v) is 5.25. The summed E-state index contributed by atoms with van der Waals surface area (Å²) in [5.74, 6) is 1.85. The van der Waals surface area contributed by atoms with Gasteiger partial charge >= 0.3 is 21.5 Å². The predicted molar refractivity (Wildman–Crippen MR) is 76.5 cm³/mol. The molecule has 9 heteroatoms. The number of alkyl halides is 2. The quantitative estimate of drug-likeness (QED) is 0.741. The smallest absolute Gasteiger partial charge is 0.407 e. The van der Waals surface area contributed by atoms with Gasteiger partial charge in [-0.2, -0.15) is 17.2 Å². The highest BCUT2D eigenvalue weighted by atomic mass is 32.2. The highest BCUT2D eigenvalue weighted by Crippen LogP contribution is 2.55. The van der Waals surface area contributed by atoms with Gasteiger partial charge in [0, 0.05) is 5.54 Å². The number of carbonyl (C=O) groups is 1. The van der Waals surface area contributed by atoms with E-state index in [1.807, 2.05) is 0 Å². The predicted octanol–water partition coefficient (Wildman–Crippen LogP) is 2.55. The minimum absolute atomic E-state index is 0.294. The largest absolute Gasteiger partial charge is 0.449 e. The normalized spacial score (nSPS) is 36.0. The number of carbonyl (C=O) groups excluding carboxylic acids is 1. The van der Waals surface area contributed by atoms with E-state index in [1.165, 1.54) is 19.3 Å². The van der Waals surface area contributed by atoms with Crippen LogP contribution in [0.4, 0.5) is 13.6 Å².